The number of rotatable bonds is 4. The Bertz CT molecular complexity index is 697. The van der Waals surface area contributed by atoms with Crippen LogP contribution < -0.4 is 11.5 Å². The number of aromatic nitrogens is 2. The van der Waals surface area contributed by atoms with Crippen molar-refractivity contribution in [1.82, 2.24) is 10.1 Å². The van der Waals surface area contributed by atoms with Crippen LogP contribution in [-0.4, -0.2) is 16.0 Å². The topological polar surface area (TPSA) is 108 Å². The smallest absolute Gasteiger partial charge is 0.250 e. The van der Waals surface area contributed by atoms with Crippen LogP contribution in [0.1, 0.15) is 53.3 Å². The molecule has 1 aliphatic carbocycles. The second-order valence-electron chi connectivity index (χ2n) is 5.64. The number of nitrogens with zero attached hydrogens (tertiary/aromatic N) is 2. The summed E-state index contributed by atoms with van der Waals surface area (Å²) < 4.78 is 5.22. The van der Waals surface area contributed by atoms with E-state index in [4.69, 9.17) is 16.0 Å². The number of hydrogen-bond donors (Lipinski definition) is 2. The molecule has 0 bridgehead atoms. The minimum atomic E-state index is -0.446. The first-order valence-electron chi connectivity index (χ1n) is 7.28. The van der Waals surface area contributed by atoms with Crippen LogP contribution in [0.3, 0.4) is 0 Å². The molecule has 1 aromatic carbocycles. The lowest BCUT2D eigenvalue weighted by molar-refractivity contribution is 0.100. The number of hydrogen-bond acceptors (Lipinski definition) is 5. The molecule has 6 heteroatoms. The number of benzene rings is 1. The number of nitrogens with two attached hydrogens (primary N) is 2. The van der Waals surface area contributed by atoms with Crippen LogP contribution in [0.5, 0.6) is 0 Å². The van der Waals surface area contributed by atoms with E-state index >= 15 is 0 Å². The first-order chi connectivity index (χ1) is 10.6. The third-order valence-electron chi connectivity index (χ3n) is 4.00. The van der Waals surface area contributed by atoms with Crippen molar-refractivity contribution in [2.24, 2.45) is 11.5 Å². The molecular weight excluding hydrogens is 280 g/mol. The van der Waals surface area contributed by atoms with Crippen LogP contribution in [0.2, 0.25) is 0 Å². The van der Waals surface area contributed by atoms with Crippen molar-refractivity contribution in [1.29, 1.82) is 0 Å². The molecule has 2 aromatic rings. The molecule has 1 amide bonds. The number of amides is 1. The molecule has 0 aliphatic heterocycles. The Kier molecular flexibility index (Phi) is 3.77. The lowest BCUT2D eigenvalue weighted by Crippen LogP contribution is -2.34. The average Bonchev–Trinajstić information content (AvgIpc) is 3.15. The van der Waals surface area contributed by atoms with E-state index < -0.39 is 11.4 Å². The van der Waals surface area contributed by atoms with Crippen molar-refractivity contribution in [2.45, 2.75) is 31.2 Å². The van der Waals surface area contributed by atoms with Crippen LogP contribution in [0.4, 0.5) is 0 Å². The maximum absolute atomic E-state index is 11.0. The highest BCUT2D eigenvalue weighted by molar-refractivity contribution is 5.93. The maximum Gasteiger partial charge on any atom is 0.250 e. The van der Waals surface area contributed by atoms with Crippen LogP contribution in [0, 0.1) is 0 Å². The van der Waals surface area contributed by atoms with Gasteiger partial charge in [-0.15, -0.1) is 0 Å². The van der Waals surface area contributed by atoms with Gasteiger partial charge < -0.3 is 16.0 Å². The van der Waals surface area contributed by atoms with Crippen molar-refractivity contribution in [3.8, 4) is 0 Å². The summed E-state index contributed by atoms with van der Waals surface area (Å²) >= 11 is 0. The van der Waals surface area contributed by atoms with E-state index in [1.54, 1.807) is 30.3 Å². The quantitative estimate of drug-likeness (QED) is 0.898. The third kappa shape index (κ3) is 2.92. The van der Waals surface area contributed by atoms with E-state index in [-0.39, 0.29) is 0 Å². The molecule has 0 atom stereocenters. The molecule has 1 fully saturated rings. The Balaban J connectivity index is 1.73. The molecule has 0 spiro atoms. The summed E-state index contributed by atoms with van der Waals surface area (Å²) in [4.78, 5) is 15.4. The highest BCUT2D eigenvalue weighted by atomic mass is 16.5. The Morgan fingerprint density at radius 1 is 1.18 bits per heavy atom. The molecule has 6 nitrogen and oxygen atoms in total. The zero-order valence-corrected chi connectivity index (χ0v) is 12.2. The van der Waals surface area contributed by atoms with E-state index in [1.807, 2.05) is 6.08 Å². The molecule has 1 aromatic heterocycles. The predicted octanol–water partition coefficient (Wildman–Crippen LogP) is 2.07. The van der Waals surface area contributed by atoms with Gasteiger partial charge in [-0.25, -0.2) is 0 Å². The van der Waals surface area contributed by atoms with Gasteiger partial charge in [-0.1, -0.05) is 30.1 Å². The van der Waals surface area contributed by atoms with Gasteiger partial charge in [0.05, 0.1) is 5.54 Å². The van der Waals surface area contributed by atoms with E-state index in [0.29, 0.717) is 17.3 Å². The van der Waals surface area contributed by atoms with Crippen molar-refractivity contribution >= 4 is 18.1 Å². The highest BCUT2D eigenvalue weighted by Crippen LogP contribution is 2.34. The van der Waals surface area contributed by atoms with E-state index in [1.165, 1.54) is 0 Å². The first-order valence-corrected chi connectivity index (χ1v) is 7.28. The lowest BCUT2D eigenvalue weighted by atomic mass is 9.99. The Morgan fingerprint density at radius 3 is 2.50 bits per heavy atom. The molecule has 1 aliphatic rings. The van der Waals surface area contributed by atoms with E-state index in [2.05, 4.69) is 10.1 Å². The Labute approximate surface area is 128 Å². The van der Waals surface area contributed by atoms with Gasteiger partial charge >= 0.3 is 0 Å². The molecule has 0 radical (unpaired) electrons. The van der Waals surface area contributed by atoms with E-state index in [0.717, 1.165) is 31.2 Å². The molecular formula is C16H18N4O2. The van der Waals surface area contributed by atoms with Crippen molar-refractivity contribution in [3.63, 3.8) is 0 Å². The average molecular weight is 298 g/mol. The highest BCUT2D eigenvalue weighted by Gasteiger charge is 2.35. The minimum absolute atomic E-state index is 0.422. The molecule has 4 N–H and O–H groups in total. The fourth-order valence-corrected chi connectivity index (χ4v) is 2.66. The largest absolute Gasteiger partial charge is 0.366 e. The first kappa shape index (κ1) is 14.5. The molecule has 3 rings (SSSR count). The third-order valence-corrected chi connectivity index (χ3v) is 4.00. The molecule has 0 unspecified atom stereocenters. The lowest BCUT2D eigenvalue weighted by Gasteiger charge is -2.17. The van der Waals surface area contributed by atoms with Crippen LogP contribution in [-0.2, 0) is 5.54 Å². The van der Waals surface area contributed by atoms with Crippen LogP contribution >= 0.6 is 0 Å². The zero-order chi connectivity index (χ0) is 15.6. The monoisotopic (exact) mass is 298 g/mol. The standard InChI is InChI=1S/C16H18N4O2/c17-14(21)12-6-3-11(4-7-12)5-8-13-19-15(20-22-13)16(18)9-1-2-10-16/h3-8H,1-2,9-10,18H2,(H2,17,21)/b8-5+. The summed E-state index contributed by atoms with van der Waals surface area (Å²) in [6.07, 6.45) is 7.55. The fourth-order valence-electron chi connectivity index (χ4n) is 2.66. The second-order valence-corrected chi connectivity index (χ2v) is 5.64. The number of carbonyl (C=O) groups is 1. The fraction of sp³-hybridized carbons (Fsp3) is 0.312. The normalized spacial score (nSPS) is 17.1. The molecule has 1 saturated carbocycles. The maximum atomic E-state index is 11.0. The van der Waals surface area contributed by atoms with Crippen LogP contribution in [0.15, 0.2) is 28.8 Å². The van der Waals surface area contributed by atoms with Gasteiger partial charge in [0.2, 0.25) is 5.91 Å². The molecule has 22 heavy (non-hydrogen) atoms. The van der Waals surface area contributed by atoms with Gasteiger partial charge in [0.25, 0.3) is 5.89 Å². The molecule has 114 valence electrons. The summed E-state index contributed by atoms with van der Waals surface area (Å²) in [6.45, 7) is 0. The van der Waals surface area contributed by atoms with Crippen LogP contribution in [0.25, 0.3) is 12.2 Å². The predicted molar refractivity (Wildman–Crippen MR) is 82.5 cm³/mol. The van der Waals surface area contributed by atoms with Gasteiger partial charge in [-0.2, -0.15) is 4.98 Å². The number of carbonyl (C=O) groups excluding carboxylic acids is 1. The summed E-state index contributed by atoms with van der Waals surface area (Å²) in [5.41, 5.74) is 12.4. The van der Waals surface area contributed by atoms with Gasteiger partial charge in [-0.05, 0) is 36.6 Å². The number of primary amides is 1. The summed E-state index contributed by atoms with van der Waals surface area (Å²) in [5, 5.41) is 4.00. The molecule has 0 saturated heterocycles. The van der Waals surface area contributed by atoms with Gasteiger partial charge in [0.1, 0.15) is 0 Å². The SMILES string of the molecule is NC(=O)c1ccc(/C=C/c2nc(C3(N)CCCC3)no2)cc1. The Hall–Kier alpha value is -2.47. The molecule has 1 heterocycles. The van der Waals surface area contributed by atoms with E-state index in [9.17, 15) is 4.79 Å². The van der Waals surface area contributed by atoms with Gasteiger partial charge in [0, 0.05) is 11.6 Å². The Morgan fingerprint density at radius 2 is 1.86 bits per heavy atom. The van der Waals surface area contributed by atoms with Crippen molar-refractivity contribution in [2.75, 3.05) is 0 Å². The van der Waals surface area contributed by atoms with Gasteiger partial charge in [0.15, 0.2) is 5.82 Å². The summed E-state index contributed by atoms with van der Waals surface area (Å²) in [7, 11) is 0. The summed E-state index contributed by atoms with van der Waals surface area (Å²) in [5.74, 6) is 0.557. The minimum Gasteiger partial charge on any atom is -0.366 e. The second kappa shape index (κ2) is 5.73. The summed E-state index contributed by atoms with van der Waals surface area (Å²) in [6, 6.07) is 6.95. The van der Waals surface area contributed by atoms with Gasteiger partial charge in [-0.3, -0.25) is 4.79 Å². The van der Waals surface area contributed by atoms with Crippen molar-refractivity contribution in [3.05, 3.63) is 47.1 Å². The van der Waals surface area contributed by atoms with Crippen molar-refractivity contribution < 1.29 is 9.32 Å². The zero-order valence-electron chi connectivity index (χ0n) is 12.2.